The van der Waals surface area contributed by atoms with E-state index in [1.54, 1.807) is 14.1 Å². The number of benzene rings is 1. The molecule has 0 saturated carbocycles. The van der Waals surface area contributed by atoms with Gasteiger partial charge < -0.3 is 20.5 Å². The van der Waals surface area contributed by atoms with Crippen LogP contribution >= 0.6 is 0 Å². The summed E-state index contributed by atoms with van der Waals surface area (Å²) in [5.41, 5.74) is 4.84. The molecule has 1 amide bonds. The van der Waals surface area contributed by atoms with Crippen molar-refractivity contribution in [1.29, 1.82) is 0 Å². The fourth-order valence-electron chi connectivity index (χ4n) is 2.79. The summed E-state index contributed by atoms with van der Waals surface area (Å²) in [6, 6.07) is 6.43. The maximum atomic E-state index is 11.8. The Kier molecular flexibility index (Phi) is 7.46. The van der Waals surface area contributed by atoms with Crippen LogP contribution in [0.4, 0.5) is 0 Å². The van der Waals surface area contributed by atoms with E-state index < -0.39 is 0 Å². The summed E-state index contributed by atoms with van der Waals surface area (Å²) >= 11 is 0. The maximum absolute atomic E-state index is 11.8. The van der Waals surface area contributed by atoms with Crippen LogP contribution in [0.1, 0.15) is 25.0 Å². The van der Waals surface area contributed by atoms with Gasteiger partial charge >= 0.3 is 0 Å². The number of aromatic amines is 1. The number of hydrogen-bond donors (Lipinski definition) is 3. The topological polar surface area (TPSA) is 72.5 Å². The third-order valence-electron chi connectivity index (χ3n) is 4.38. The van der Waals surface area contributed by atoms with Gasteiger partial charge in [0.25, 0.3) is 0 Å². The zero-order valence-corrected chi connectivity index (χ0v) is 16.9. The Balaban J connectivity index is 2.01. The highest BCUT2D eigenvalue weighted by Gasteiger charge is 2.08. The van der Waals surface area contributed by atoms with Crippen molar-refractivity contribution in [2.24, 2.45) is 4.99 Å². The van der Waals surface area contributed by atoms with Gasteiger partial charge in [-0.2, -0.15) is 0 Å². The van der Waals surface area contributed by atoms with Crippen molar-refractivity contribution in [1.82, 2.24) is 20.5 Å². The minimum Gasteiger partial charge on any atom is -0.361 e. The van der Waals surface area contributed by atoms with Crippen LogP contribution in [0, 0.1) is 0 Å². The number of aromatic nitrogens is 1. The van der Waals surface area contributed by atoms with Crippen molar-refractivity contribution in [3.8, 4) is 0 Å². The van der Waals surface area contributed by atoms with Crippen LogP contribution in [0.2, 0.25) is 0 Å². The molecular weight excluding hydrogens is 338 g/mol. The zero-order valence-electron chi connectivity index (χ0n) is 16.9. The second-order valence-electron chi connectivity index (χ2n) is 6.95. The number of carbonyl (C=O) groups is 1. The monoisotopic (exact) mass is 369 g/mol. The lowest BCUT2D eigenvalue weighted by Crippen LogP contribution is -2.40. The molecule has 6 nitrogen and oxygen atoms in total. The number of rotatable bonds is 8. The fraction of sp³-hybridized carbons (Fsp3) is 0.429. The van der Waals surface area contributed by atoms with Crippen LogP contribution in [0.5, 0.6) is 0 Å². The molecule has 0 aliphatic carbocycles. The highest BCUT2D eigenvalue weighted by atomic mass is 16.2. The largest absolute Gasteiger partial charge is 0.361 e. The Morgan fingerprint density at radius 1 is 1.26 bits per heavy atom. The summed E-state index contributed by atoms with van der Waals surface area (Å²) in [5.74, 6) is 0.595. The molecule has 1 aromatic heterocycles. The first-order valence-electron chi connectivity index (χ1n) is 9.37. The number of likely N-dealkylation sites (N-methyl/N-ethyl adjacent to an activating group) is 1. The number of nitrogens with one attached hydrogen (secondary N) is 3. The van der Waals surface area contributed by atoms with Gasteiger partial charge in [-0.25, -0.2) is 4.99 Å². The molecule has 0 aliphatic rings. The van der Waals surface area contributed by atoms with E-state index in [9.17, 15) is 4.79 Å². The van der Waals surface area contributed by atoms with E-state index in [0.29, 0.717) is 12.5 Å². The van der Waals surface area contributed by atoms with Gasteiger partial charge in [-0.3, -0.25) is 4.79 Å². The van der Waals surface area contributed by atoms with Gasteiger partial charge in [0, 0.05) is 44.3 Å². The van der Waals surface area contributed by atoms with Crippen molar-refractivity contribution < 1.29 is 4.79 Å². The standard InChI is InChI=1S/C21H31N5O/c1-6-16-8-7-9-18-17(13-23-20(16)18)10-11-22-21(24-12-15(2)3)25-14-19(27)26(4)5/h7-9,13,23H,2,6,10-12,14H2,1,3-5H3,(H2,22,24,25). The molecule has 0 bridgehead atoms. The summed E-state index contributed by atoms with van der Waals surface area (Å²) in [7, 11) is 3.46. The number of guanidine groups is 1. The van der Waals surface area contributed by atoms with E-state index in [1.165, 1.54) is 26.9 Å². The number of amides is 1. The SMILES string of the molecule is C=C(C)CNC(=NCC(=O)N(C)C)NCCc1c[nH]c2c(CC)cccc12. The highest BCUT2D eigenvalue weighted by Crippen LogP contribution is 2.22. The number of para-hydroxylation sites is 1. The second-order valence-corrected chi connectivity index (χ2v) is 6.95. The Morgan fingerprint density at radius 2 is 2.04 bits per heavy atom. The van der Waals surface area contributed by atoms with Gasteiger partial charge in [-0.05, 0) is 30.9 Å². The van der Waals surface area contributed by atoms with Crippen molar-refractivity contribution in [3.05, 3.63) is 47.7 Å². The summed E-state index contributed by atoms with van der Waals surface area (Å²) in [6.45, 7) is 9.48. The van der Waals surface area contributed by atoms with E-state index in [4.69, 9.17) is 0 Å². The fourth-order valence-corrected chi connectivity index (χ4v) is 2.79. The van der Waals surface area contributed by atoms with Gasteiger partial charge in [-0.15, -0.1) is 0 Å². The third-order valence-corrected chi connectivity index (χ3v) is 4.38. The molecule has 0 radical (unpaired) electrons. The van der Waals surface area contributed by atoms with Gasteiger partial charge in [-0.1, -0.05) is 37.3 Å². The average molecular weight is 370 g/mol. The molecule has 3 N–H and O–H groups in total. The van der Waals surface area contributed by atoms with E-state index in [-0.39, 0.29) is 12.5 Å². The number of H-pyrrole nitrogens is 1. The molecule has 2 aromatic rings. The summed E-state index contributed by atoms with van der Waals surface area (Å²) < 4.78 is 0. The molecule has 1 aromatic carbocycles. The Morgan fingerprint density at radius 3 is 2.70 bits per heavy atom. The number of nitrogens with zero attached hydrogens (tertiary/aromatic N) is 2. The second kappa shape index (κ2) is 9.80. The van der Waals surface area contributed by atoms with E-state index in [2.05, 4.69) is 58.5 Å². The van der Waals surface area contributed by atoms with Crippen molar-refractivity contribution in [3.63, 3.8) is 0 Å². The number of fused-ring (bicyclic) bond motifs is 1. The van der Waals surface area contributed by atoms with E-state index in [0.717, 1.165) is 25.0 Å². The molecule has 0 atom stereocenters. The van der Waals surface area contributed by atoms with Crippen LogP contribution in [-0.2, 0) is 17.6 Å². The van der Waals surface area contributed by atoms with Gasteiger partial charge in [0.15, 0.2) is 5.96 Å². The maximum Gasteiger partial charge on any atom is 0.243 e. The normalized spacial score (nSPS) is 11.5. The minimum atomic E-state index is -0.0323. The minimum absolute atomic E-state index is 0.0323. The summed E-state index contributed by atoms with van der Waals surface area (Å²) in [6.07, 6.45) is 3.96. The number of carbonyl (C=O) groups excluding carboxylic acids is 1. The first-order valence-corrected chi connectivity index (χ1v) is 9.37. The first kappa shape index (κ1) is 20.6. The smallest absolute Gasteiger partial charge is 0.243 e. The quantitative estimate of drug-likeness (QED) is 0.380. The Hall–Kier alpha value is -2.76. The first-order chi connectivity index (χ1) is 12.9. The molecule has 0 spiro atoms. The molecule has 2 rings (SSSR count). The van der Waals surface area contributed by atoms with Crippen LogP contribution in [-0.4, -0.2) is 55.5 Å². The predicted molar refractivity (Wildman–Crippen MR) is 113 cm³/mol. The summed E-state index contributed by atoms with van der Waals surface area (Å²) in [5, 5.41) is 7.79. The number of hydrogen-bond acceptors (Lipinski definition) is 2. The molecule has 0 saturated heterocycles. The van der Waals surface area contributed by atoms with Crippen LogP contribution < -0.4 is 10.6 Å². The average Bonchev–Trinajstić information content (AvgIpc) is 3.06. The lowest BCUT2D eigenvalue weighted by molar-refractivity contribution is -0.127. The zero-order chi connectivity index (χ0) is 19.8. The molecule has 0 aliphatic heterocycles. The van der Waals surface area contributed by atoms with Gasteiger partial charge in [0.2, 0.25) is 5.91 Å². The molecular formula is C21H31N5O. The Bertz CT molecular complexity index is 819. The third kappa shape index (κ3) is 5.88. The van der Waals surface area contributed by atoms with Gasteiger partial charge in [0.1, 0.15) is 6.54 Å². The highest BCUT2D eigenvalue weighted by molar-refractivity contribution is 5.87. The molecule has 6 heteroatoms. The number of aryl methyl sites for hydroxylation is 1. The lowest BCUT2D eigenvalue weighted by atomic mass is 10.1. The van der Waals surface area contributed by atoms with Crippen molar-refractivity contribution in [2.45, 2.75) is 26.7 Å². The molecule has 27 heavy (non-hydrogen) atoms. The molecule has 0 fully saturated rings. The Labute approximate surface area is 161 Å². The molecule has 146 valence electrons. The van der Waals surface area contributed by atoms with Crippen LogP contribution in [0.25, 0.3) is 10.9 Å². The predicted octanol–water partition coefficient (Wildman–Crippen LogP) is 2.47. The van der Waals surface area contributed by atoms with Gasteiger partial charge in [0.05, 0.1) is 0 Å². The number of aliphatic imine (C=N–C) groups is 1. The molecule has 0 unspecified atom stereocenters. The van der Waals surface area contributed by atoms with E-state index in [1.807, 2.05) is 6.92 Å². The van der Waals surface area contributed by atoms with Crippen LogP contribution in [0.3, 0.4) is 0 Å². The lowest BCUT2D eigenvalue weighted by Gasteiger charge is -2.13. The van der Waals surface area contributed by atoms with E-state index >= 15 is 0 Å². The van der Waals surface area contributed by atoms with Crippen LogP contribution in [0.15, 0.2) is 41.5 Å². The molecule has 1 heterocycles. The van der Waals surface area contributed by atoms with Crippen molar-refractivity contribution in [2.75, 3.05) is 33.7 Å². The van der Waals surface area contributed by atoms with Crippen molar-refractivity contribution >= 4 is 22.8 Å². The summed E-state index contributed by atoms with van der Waals surface area (Å²) in [4.78, 5) is 21.1.